The molecule has 0 bridgehead atoms. The second-order valence-corrected chi connectivity index (χ2v) is 9.73. The van der Waals surface area contributed by atoms with Crippen LogP contribution in [-0.2, 0) is 16.4 Å². The number of benzene rings is 2. The van der Waals surface area contributed by atoms with Crippen LogP contribution >= 0.6 is 0 Å². The summed E-state index contributed by atoms with van der Waals surface area (Å²) in [5, 5.41) is -0.522. The minimum absolute atomic E-state index is 0.157. The number of hydrogen-bond acceptors (Lipinski definition) is 4. The molecule has 5 rings (SSSR count). The first kappa shape index (κ1) is 18.4. The fraction of sp³-hybridized carbons (Fsp3) is 0.227. The van der Waals surface area contributed by atoms with Gasteiger partial charge in [0, 0.05) is 42.9 Å². The standard InChI is InChI=1S/C22H18F2N2O2S/c23-19-4-2-1-3-16(19)11-26-12-18-17-9-14(15-6-8-22(24)25-10-15)5-7-20(17)29(27,28)21(18)13-26/h1-10,18,21H,11-13H2/t18-,21-/m0/s1. The minimum Gasteiger partial charge on any atom is -0.297 e. The summed E-state index contributed by atoms with van der Waals surface area (Å²) in [6, 6.07) is 14.7. The van der Waals surface area contributed by atoms with Crippen LogP contribution in [0.4, 0.5) is 8.78 Å². The molecule has 0 saturated carbocycles. The van der Waals surface area contributed by atoms with Crippen LogP contribution in [0.5, 0.6) is 0 Å². The van der Waals surface area contributed by atoms with Gasteiger partial charge in [-0.2, -0.15) is 4.39 Å². The smallest absolute Gasteiger partial charge is 0.212 e. The molecule has 0 N–H and O–H groups in total. The Morgan fingerprint density at radius 3 is 2.55 bits per heavy atom. The molecule has 2 aliphatic heterocycles. The highest BCUT2D eigenvalue weighted by Crippen LogP contribution is 2.46. The number of hydrogen-bond donors (Lipinski definition) is 0. The maximum Gasteiger partial charge on any atom is 0.212 e. The molecule has 0 unspecified atom stereocenters. The molecule has 3 heterocycles. The molecule has 0 radical (unpaired) electrons. The zero-order valence-corrected chi connectivity index (χ0v) is 16.2. The van der Waals surface area contributed by atoms with Crippen LogP contribution in [0.3, 0.4) is 0 Å². The number of fused-ring (bicyclic) bond motifs is 3. The van der Waals surface area contributed by atoms with Crippen molar-refractivity contribution in [3.8, 4) is 11.1 Å². The summed E-state index contributed by atoms with van der Waals surface area (Å²) in [6.45, 7) is 1.31. The average Bonchev–Trinajstić information content (AvgIpc) is 3.22. The Balaban J connectivity index is 1.48. The summed E-state index contributed by atoms with van der Waals surface area (Å²) in [4.78, 5) is 6.06. The van der Waals surface area contributed by atoms with Crippen molar-refractivity contribution in [2.75, 3.05) is 13.1 Å². The van der Waals surface area contributed by atoms with E-state index in [-0.39, 0.29) is 11.7 Å². The summed E-state index contributed by atoms with van der Waals surface area (Å²) in [6.07, 6.45) is 1.44. The molecule has 1 fully saturated rings. The molecule has 1 saturated heterocycles. The Morgan fingerprint density at radius 2 is 1.79 bits per heavy atom. The summed E-state index contributed by atoms with van der Waals surface area (Å²) < 4.78 is 53.3. The van der Waals surface area contributed by atoms with Crippen LogP contribution in [0.15, 0.2) is 65.7 Å². The average molecular weight is 412 g/mol. The van der Waals surface area contributed by atoms with Gasteiger partial charge in [-0.05, 0) is 41.5 Å². The summed E-state index contributed by atoms with van der Waals surface area (Å²) in [5.41, 5.74) is 2.89. The second kappa shape index (κ2) is 6.71. The van der Waals surface area contributed by atoms with Gasteiger partial charge in [0.05, 0.1) is 10.1 Å². The molecule has 7 heteroatoms. The second-order valence-electron chi connectivity index (χ2n) is 7.60. The van der Waals surface area contributed by atoms with Gasteiger partial charge in [-0.25, -0.2) is 17.8 Å². The van der Waals surface area contributed by atoms with Crippen LogP contribution in [0, 0.1) is 11.8 Å². The fourth-order valence-corrected chi connectivity index (χ4v) is 6.64. The summed E-state index contributed by atoms with van der Waals surface area (Å²) in [7, 11) is -3.44. The Kier molecular flexibility index (Phi) is 4.26. The first-order valence-electron chi connectivity index (χ1n) is 9.39. The predicted octanol–water partition coefficient (Wildman–Crippen LogP) is 3.78. The maximum absolute atomic E-state index is 14.0. The maximum atomic E-state index is 14.0. The molecule has 0 amide bonds. The van der Waals surface area contributed by atoms with Crippen molar-refractivity contribution in [1.29, 1.82) is 0 Å². The zero-order valence-electron chi connectivity index (χ0n) is 15.4. The van der Waals surface area contributed by atoms with E-state index in [1.165, 1.54) is 18.3 Å². The van der Waals surface area contributed by atoms with E-state index in [1.807, 2.05) is 11.0 Å². The Hall–Kier alpha value is -2.64. The third-order valence-corrected chi connectivity index (χ3v) is 8.13. The minimum atomic E-state index is -3.44. The van der Waals surface area contributed by atoms with Gasteiger partial charge in [0.15, 0.2) is 9.84 Å². The van der Waals surface area contributed by atoms with E-state index in [4.69, 9.17) is 0 Å². The van der Waals surface area contributed by atoms with E-state index in [1.54, 1.807) is 36.4 Å². The third kappa shape index (κ3) is 3.05. The Labute approximate surface area is 167 Å². The van der Waals surface area contributed by atoms with Gasteiger partial charge >= 0.3 is 0 Å². The number of halogens is 2. The molecule has 0 spiro atoms. The van der Waals surface area contributed by atoms with Gasteiger partial charge < -0.3 is 0 Å². The molecular formula is C22H18F2N2O2S. The molecular weight excluding hydrogens is 394 g/mol. The zero-order chi connectivity index (χ0) is 20.2. The number of rotatable bonds is 3. The highest BCUT2D eigenvalue weighted by molar-refractivity contribution is 7.92. The molecule has 1 aromatic heterocycles. The van der Waals surface area contributed by atoms with E-state index >= 15 is 0 Å². The summed E-state index contributed by atoms with van der Waals surface area (Å²) in [5.74, 6) is -0.994. The lowest BCUT2D eigenvalue weighted by Gasteiger charge is -2.18. The first-order chi connectivity index (χ1) is 13.9. The lowest BCUT2D eigenvalue weighted by Crippen LogP contribution is -2.26. The predicted molar refractivity (Wildman–Crippen MR) is 105 cm³/mol. The number of sulfone groups is 1. The largest absolute Gasteiger partial charge is 0.297 e. The fourth-order valence-electron chi connectivity index (χ4n) is 4.45. The molecule has 2 atom stereocenters. The molecule has 148 valence electrons. The van der Waals surface area contributed by atoms with Gasteiger partial charge in [-0.15, -0.1) is 0 Å². The van der Waals surface area contributed by atoms with Gasteiger partial charge in [0.1, 0.15) is 5.82 Å². The molecule has 3 aromatic rings. The van der Waals surface area contributed by atoms with Gasteiger partial charge in [-0.3, -0.25) is 4.90 Å². The lowest BCUT2D eigenvalue weighted by molar-refractivity contribution is 0.320. The van der Waals surface area contributed by atoms with Crippen LogP contribution in [0.25, 0.3) is 11.1 Å². The van der Waals surface area contributed by atoms with Crippen molar-refractivity contribution in [2.24, 2.45) is 0 Å². The van der Waals surface area contributed by atoms with Crippen molar-refractivity contribution in [3.05, 3.63) is 83.7 Å². The quantitative estimate of drug-likeness (QED) is 0.615. The Morgan fingerprint density at radius 1 is 1.00 bits per heavy atom. The highest BCUT2D eigenvalue weighted by atomic mass is 32.2. The first-order valence-corrected chi connectivity index (χ1v) is 10.9. The topological polar surface area (TPSA) is 50.3 Å². The van der Waals surface area contributed by atoms with E-state index in [0.29, 0.717) is 30.1 Å². The summed E-state index contributed by atoms with van der Waals surface area (Å²) >= 11 is 0. The van der Waals surface area contributed by atoms with E-state index in [2.05, 4.69) is 4.98 Å². The van der Waals surface area contributed by atoms with Gasteiger partial charge in [0.2, 0.25) is 5.95 Å². The third-order valence-electron chi connectivity index (χ3n) is 5.87. The Bertz CT molecular complexity index is 1200. The van der Waals surface area contributed by atoms with Crippen LogP contribution in [0.2, 0.25) is 0 Å². The number of nitrogens with zero attached hydrogens (tertiary/aromatic N) is 2. The number of pyridine rings is 1. The monoisotopic (exact) mass is 412 g/mol. The number of aromatic nitrogens is 1. The highest BCUT2D eigenvalue weighted by Gasteiger charge is 2.50. The normalized spacial score (nSPS) is 22.4. The van der Waals surface area contributed by atoms with Crippen LogP contribution in [0.1, 0.15) is 17.0 Å². The van der Waals surface area contributed by atoms with Crippen molar-refractivity contribution >= 4 is 9.84 Å². The van der Waals surface area contributed by atoms with Crippen LogP contribution in [-0.4, -0.2) is 36.6 Å². The van der Waals surface area contributed by atoms with Crippen LogP contribution < -0.4 is 0 Å². The van der Waals surface area contributed by atoms with Crippen molar-refractivity contribution in [2.45, 2.75) is 22.6 Å². The molecule has 4 nitrogen and oxygen atoms in total. The van der Waals surface area contributed by atoms with E-state index in [9.17, 15) is 17.2 Å². The van der Waals surface area contributed by atoms with E-state index in [0.717, 1.165) is 16.7 Å². The molecule has 2 aromatic carbocycles. The van der Waals surface area contributed by atoms with Crippen molar-refractivity contribution < 1.29 is 17.2 Å². The number of likely N-dealkylation sites (tertiary alicyclic amines) is 1. The lowest BCUT2D eigenvalue weighted by atomic mass is 9.95. The SMILES string of the molecule is O=S1(=O)c2ccc(-c3ccc(F)nc3)cc2[C@@H]2CN(Cc3ccccc3F)C[C@@H]21. The molecule has 0 aliphatic carbocycles. The molecule has 29 heavy (non-hydrogen) atoms. The van der Waals surface area contributed by atoms with Crippen molar-refractivity contribution in [3.63, 3.8) is 0 Å². The van der Waals surface area contributed by atoms with E-state index < -0.39 is 21.0 Å². The van der Waals surface area contributed by atoms with Crippen molar-refractivity contribution in [1.82, 2.24) is 9.88 Å². The van der Waals surface area contributed by atoms with Gasteiger partial charge in [0.25, 0.3) is 0 Å². The molecule has 2 aliphatic rings. The van der Waals surface area contributed by atoms with Gasteiger partial charge in [-0.1, -0.05) is 24.3 Å².